The largest absolute Gasteiger partial charge is 0.508 e. The Hall–Kier alpha value is -1.18. The first kappa shape index (κ1) is 9.38. The van der Waals surface area contributed by atoms with Gasteiger partial charge in [-0.1, -0.05) is 18.9 Å². The second kappa shape index (κ2) is 3.52. The van der Waals surface area contributed by atoms with Crippen molar-refractivity contribution in [3.63, 3.8) is 0 Å². The van der Waals surface area contributed by atoms with Crippen LogP contribution >= 0.6 is 0 Å². The van der Waals surface area contributed by atoms with E-state index in [0.29, 0.717) is 17.4 Å². The van der Waals surface area contributed by atoms with E-state index in [4.69, 9.17) is 5.73 Å². The molecule has 76 valence electrons. The maximum absolute atomic E-state index is 9.80. The van der Waals surface area contributed by atoms with E-state index in [-0.39, 0.29) is 0 Å². The molecule has 3 N–H and O–H groups in total. The molecule has 0 saturated heterocycles. The topological polar surface area (TPSA) is 46.2 Å². The molecule has 0 heterocycles. The van der Waals surface area contributed by atoms with E-state index in [1.54, 1.807) is 6.07 Å². The van der Waals surface area contributed by atoms with Gasteiger partial charge < -0.3 is 10.8 Å². The first-order valence-corrected chi connectivity index (χ1v) is 5.27. The highest BCUT2D eigenvalue weighted by atomic mass is 16.3. The fraction of sp³-hybridized carbons (Fsp3) is 0.500. The summed E-state index contributed by atoms with van der Waals surface area (Å²) in [6.07, 6.45) is 4.98. The number of rotatable bonds is 1. The molecule has 0 unspecified atom stereocenters. The summed E-state index contributed by atoms with van der Waals surface area (Å²) in [7, 11) is 0. The molecular weight excluding hydrogens is 174 g/mol. The van der Waals surface area contributed by atoms with Crippen LogP contribution < -0.4 is 5.73 Å². The molecule has 1 aliphatic rings. The van der Waals surface area contributed by atoms with Gasteiger partial charge in [-0.15, -0.1) is 0 Å². The molecule has 0 bridgehead atoms. The van der Waals surface area contributed by atoms with Gasteiger partial charge in [-0.25, -0.2) is 0 Å². The lowest BCUT2D eigenvalue weighted by Gasteiger charge is -2.13. The molecule has 0 spiro atoms. The van der Waals surface area contributed by atoms with Crippen molar-refractivity contribution >= 4 is 5.69 Å². The molecule has 1 aromatic carbocycles. The summed E-state index contributed by atoms with van der Waals surface area (Å²) in [6.45, 7) is 1.99. The second-order valence-corrected chi connectivity index (χ2v) is 4.25. The first-order chi connectivity index (χ1) is 6.68. The van der Waals surface area contributed by atoms with E-state index >= 15 is 0 Å². The van der Waals surface area contributed by atoms with Gasteiger partial charge in [0.2, 0.25) is 0 Å². The van der Waals surface area contributed by atoms with Crippen LogP contribution in [0.5, 0.6) is 5.75 Å². The van der Waals surface area contributed by atoms with Crippen molar-refractivity contribution in [2.75, 3.05) is 5.73 Å². The molecule has 2 heteroatoms. The Balaban J connectivity index is 2.37. The van der Waals surface area contributed by atoms with Crippen LogP contribution in [0, 0.1) is 6.92 Å². The number of aryl methyl sites for hydroxylation is 1. The normalized spacial score (nSPS) is 17.5. The Morgan fingerprint density at radius 2 is 1.93 bits per heavy atom. The Bertz CT molecular complexity index is 340. The molecular formula is C12H17NO. The Labute approximate surface area is 84.7 Å². The average molecular weight is 191 g/mol. The van der Waals surface area contributed by atoms with Crippen molar-refractivity contribution < 1.29 is 5.11 Å². The molecule has 0 aromatic heterocycles. The second-order valence-electron chi connectivity index (χ2n) is 4.25. The van der Waals surface area contributed by atoms with Gasteiger partial charge in [0.1, 0.15) is 5.75 Å². The van der Waals surface area contributed by atoms with Crippen molar-refractivity contribution in [1.82, 2.24) is 0 Å². The van der Waals surface area contributed by atoms with Crippen molar-refractivity contribution in [2.24, 2.45) is 0 Å². The smallest absolute Gasteiger partial charge is 0.121 e. The molecule has 1 aliphatic carbocycles. The maximum Gasteiger partial charge on any atom is 0.121 e. The molecule has 0 radical (unpaired) electrons. The van der Waals surface area contributed by atoms with Crippen molar-refractivity contribution in [2.45, 2.75) is 38.5 Å². The molecule has 2 rings (SSSR count). The van der Waals surface area contributed by atoms with E-state index in [1.807, 2.05) is 13.0 Å². The molecule has 2 nitrogen and oxygen atoms in total. The monoisotopic (exact) mass is 191 g/mol. The highest BCUT2D eigenvalue weighted by molar-refractivity contribution is 5.54. The minimum absolute atomic E-state index is 0.375. The summed E-state index contributed by atoms with van der Waals surface area (Å²) in [5.41, 5.74) is 8.58. The lowest BCUT2D eigenvalue weighted by atomic mass is 9.94. The lowest BCUT2D eigenvalue weighted by molar-refractivity contribution is 0.461. The van der Waals surface area contributed by atoms with Gasteiger partial charge in [-0.2, -0.15) is 0 Å². The predicted molar refractivity (Wildman–Crippen MR) is 58.5 cm³/mol. The summed E-state index contributed by atoms with van der Waals surface area (Å²) >= 11 is 0. The zero-order valence-electron chi connectivity index (χ0n) is 8.59. The van der Waals surface area contributed by atoms with Crippen molar-refractivity contribution in [1.29, 1.82) is 0 Å². The zero-order valence-corrected chi connectivity index (χ0v) is 8.59. The van der Waals surface area contributed by atoms with Crippen molar-refractivity contribution in [3.8, 4) is 5.75 Å². The number of phenolic OH excluding ortho intramolecular Hbond substituents is 1. The van der Waals surface area contributed by atoms with Gasteiger partial charge >= 0.3 is 0 Å². The fourth-order valence-electron chi connectivity index (χ4n) is 2.30. The van der Waals surface area contributed by atoms with E-state index in [9.17, 15) is 5.11 Å². The standard InChI is InChI=1S/C12H17NO/c1-8-6-10(9-4-2-3-5-9)12(14)7-11(8)13/h6-7,9,14H,2-5,13H2,1H3. The first-order valence-electron chi connectivity index (χ1n) is 5.27. The van der Waals surface area contributed by atoms with E-state index in [1.165, 1.54) is 25.7 Å². The van der Waals surface area contributed by atoms with Crippen LogP contribution in [0.1, 0.15) is 42.7 Å². The van der Waals surface area contributed by atoms with Gasteiger partial charge in [0.25, 0.3) is 0 Å². The minimum Gasteiger partial charge on any atom is -0.508 e. The molecule has 1 saturated carbocycles. The molecule has 0 amide bonds. The number of aromatic hydroxyl groups is 1. The minimum atomic E-state index is 0.375. The third-order valence-electron chi connectivity index (χ3n) is 3.21. The van der Waals surface area contributed by atoms with E-state index < -0.39 is 0 Å². The molecule has 14 heavy (non-hydrogen) atoms. The van der Waals surface area contributed by atoms with Gasteiger partial charge in [-0.3, -0.25) is 0 Å². The number of nitrogen functional groups attached to an aromatic ring is 1. The van der Waals surface area contributed by atoms with E-state index in [0.717, 1.165) is 11.1 Å². The van der Waals surface area contributed by atoms with Crippen LogP contribution in [0.25, 0.3) is 0 Å². The number of benzene rings is 1. The highest BCUT2D eigenvalue weighted by Gasteiger charge is 2.20. The number of hydrogen-bond acceptors (Lipinski definition) is 2. The summed E-state index contributed by atoms with van der Waals surface area (Å²) < 4.78 is 0. The number of anilines is 1. The third kappa shape index (κ3) is 1.57. The highest BCUT2D eigenvalue weighted by Crippen LogP contribution is 2.39. The Morgan fingerprint density at radius 3 is 2.57 bits per heavy atom. The van der Waals surface area contributed by atoms with Gasteiger partial charge in [0, 0.05) is 11.8 Å². The van der Waals surface area contributed by atoms with Gasteiger partial charge in [0.05, 0.1) is 0 Å². The van der Waals surface area contributed by atoms with Crippen LogP contribution in [0.2, 0.25) is 0 Å². The van der Waals surface area contributed by atoms with Gasteiger partial charge in [-0.05, 0) is 36.8 Å². The molecule has 1 fully saturated rings. The molecule has 1 aromatic rings. The van der Waals surface area contributed by atoms with Gasteiger partial charge in [0.15, 0.2) is 0 Å². The quantitative estimate of drug-likeness (QED) is 0.670. The Kier molecular flexibility index (Phi) is 2.36. The summed E-state index contributed by atoms with van der Waals surface area (Å²) in [5, 5.41) is 9.80. The van der Waals surface area contributed by atoms with Crippen LogP contribution in [-0.4, -0.2) is 5.11 Å². The molecule has 0 atom stereocenters. The lowest BCUT2D eigenvalue weighted by Crippen LogP contribution is -1.97. The predicted octanol–water partition coefficient (Wildman–Crippen LogP) is 2.94. The number of nitrogens with two attached hydrogens (primary N) is 1. The van der Waals surface area contributed by atoms with E-state index in [2.05, 4.69) is 0 Å². The SMILES string of the molecule is Cc1cc(C2CCCC2)c(O)cc1N. The van der Waals surface area contributed by atoms with Crippen LogP contribution in [0.4, 0.5) is 5.69 Å². The fourth-order valence-corrected chi connectivity index (χ4v) is 2.30. The number of phenols is 1. The summed E-state index contributed by atoms with van der Waals surface area (Å²) in [5.74, 6) is 0.925. The Morgan fingerprint density at radius 1 is 1.29 bits per heavy atom. The zero-order chi connectivity index (χ0) is 10.1. The maximum atomic E-state index is 9.80. The third-order valence-corrected chi connectivity index (χ3v) is 3.21. The molecule has 0 aliphatic heterocycles. The van der Waals surface area contributed by atoms with Crippen LogP contribution in [0.15, 0.2) is 12.1 Å². The summed E-state index contributed by atoms with van der Waals surface area (Å²) in [6, 6.07) is 3.73. The van der Waals surface area contributed by atoms with Crippen LogP contribution in [-0.2, 0) is 0 Å². The average Bonchev–Trinajstić information content (AvgIpc) is 2.64. The number of hydrogen-bond donors (Lipinski definition) is 2. The van der Waals surface area contributed by atoms with Crippen molar-refractivity contribution in [3.05, 3.63) is 23.3 Å². The van der Waals surface area contributed by atoms with Crippen LogP contribution in [0.3, 0.4) is 0 Å². The summed E-state index contributed by atoms with van der Waals surface area (Å²) in [4.78, 5) is 0.